The lowest BCUT2D eigenvalue weighted by molar-refractivity contribution is -0.121. The van der Waals surface area contributed by atoms with Crippen LogP contribution in [0.15, 0.2) is 41.3 Å². The number of likely N-dealkylation sites (N-methyl/N-ethyl adjacent to an activating group) is 1. The highest BCUT2D eigenvalue weighted by atomic mass is 127. The van der Waals surface area contributed by atoms with E-state index in [1.54, 1.807) is 23.1 Å². The number of thiocarbonyl (C=S) groups is 1. The summed E-state index contributed by atoms with van der Waals surface area (Å²) in [5.41, 5.74) is 1.41. The molecular formula is C19H14FI2NO2S2. The molecule has 27 heavy (non-hydrogen) atoms. The fourth-order valence-electron chi connectivity index (χ4n) is 2.49. The molecule has 8 heteroatoms. The molecule has 1 aliphatic heterocycles. The Bertz CT molecular complexity index is 926. The molecule has 3 nitrogen and oxygen atoms in total. The van der Waals surface area contributed by atoms with Crippen LogP contribution >= 0.6 is 69.2 Å². The van der Waals surface area contributed by atoms with Crippen molar-refractivity contribution >= 4 is 85.5 Å². The molecule has 1 saturated heterocycles. The number of hydrogen-bond acceptors (Lipinski definition) is 4. The van der Waals surface area contributed by atoms with E-state index in [-0.39, 0.29) is 18.3 Å². The van der Waals surface area contributed by atoms with Crippen molar-refractivity contribution in [3.05, 3.63) is 65.4 Å². The topological polar surface area (TPSA) is 29.5 Å². The van der Waals surface area contributed by atoms with E-state index < -0.39 is 0 Å². The summed E-state index contributed by atoms with van der Waals surface area (Å²) in [5.74, 6) is 0.368. The van der Waals surface area contributed by atoms with Crippen LogP contribution in [0, 0.1) is 13.0 Å². The second-order valence-electron chi connectivity index (χ2n) is 5.62. The lowest BCUT2D eigenvalue weighted by Crippen LogP contribution is -2.27. The third kappa shape index (κ3) is 4.83. The van der Waals surface area contributed by atoms with Crippen molar-refractivity contribution < 1.29 is 13.9 Å². The average molecular weight is 625 g/mol. The molecule has 0 aromatic heterocycles. The molecule has 0 saturated carbocycles. The Kier molecular flexibility index (Phi) is 7.14. The third-order valence-corrected chi connectivity index (χ3v) is 6.82. The summed E-state index contributed by atoms with van der Waals surface area (Å²) in [5, 5.41) is 0. The van der Waals surface area contributed by atoms with E-state index in [0.29, 0.717) is 27.1 Å². The molecule has 0 aliphatic carbocycles. The van der Waals surface area contributed by atoms with Crippen molar-refractivity contribution in [2.75, 3.05) is 6.54 Å². The van der Waals surface area contributed by atoms with Gasteiger partial charge < -0.3 is 4.74 Å². The van der Waals surface area contributed by atoms with Gasteiger partial charge in [-0.25, -0.2) is 4.39 Å². The minimum Gasteiger partial charge on any atom is -0.487 e. The van der Waals surface area contributed by atoms with Gasteiger partial charge in [-0.1, -0.05) is 42.2 Å². The summed E-state index contributed by atoms with van der Waals surface area (Å²) in [6.07, 6.45) is 1.85. The van der Waals surface area contributed by atoms with E-state index >= 15 is 0 Å². The van der Waals surface area contributed by atoms with Crippen LogP contribution in [0.1, 0.15) is 18.1 Å². The zero-order valence-corrected chi connectivity index (χ0v) is 20.1. The first-order chi connectivity index (χ1) is 12.9. The summed E-state index contributed by atoms with van der Waals surface area (Å²) in [6, 6.07) is 10.5. The molecule has 0 bridgehead atoms. The maximum Gasteiger partial charge on any atom is 0.266 e. The second-order valence-corrected chi connectivity index (χ2v) is 9.62. The lowest BCUT2D eigenvalue weighted by Gasteiger charge is -2.12. The van der Waals surface area contributed by atoms with Gasteiger partial charge in [0.05, 0.1) is 12.0 Å². The molecule has 1 amide bonds. The summed E-state index contributed by atoms with van der Waals surface area (Å²) >= 11 is 10.9. The highest BCUT2D eigenvalue weighted by Gasteiger charge is 2.30. The molecule has 0 unspecified atom stereocenters. The minimum atomic E-state index is -0.280. The van der Waals surface area contributed by atoms with Gasteiger partial charge >= 0.3 is 0 Å². The predicted octanol–water partition coefficient (Wildman–Crippen LogP) is 5.84. The van der Waals surface area contributed by atoms with Crippen LogP contribution in [-0.2, 0) is 11.4 Å². The van der Waals surface area contributed by atoms with Gasteiger partial charge in [0.25, 0.3) is 5.91 Å². The molecule has 0 radical (unpaired) electrons. The summed E-state index contributed by atoms with van der Waals surface area (Å²) < 4.78 is 22.0. The van der Waals surface area contributed by atoms with Gasteiger partial charge in [0.1, 0.15) is 22.5 Å². The minimum absolute atomic E-state index is 0.0580. The van der Waals surface area contributed by atoms with Crippen molar-refractivity contribution in [2.24, 2.45) is 0 Å². The number of carbonyl (C=O) groups is 1. The monoisotopic (exact) mass is 625 g/mol. The summed E-state index contributed by atoms with van der Waals surface area (Å²) in [6.45, 7) is 2.63. The standard InChI is InChI=1S/C19H14FI2NO2S2/c1-2-23-18(24)16(27-19(23)26)9-11-7-14(21)17(15(22)8-11)25-10-12-5-3-4-6-13(12)20/h3-9H,2,10H2,1H3/b16-9-. The molecule has 2 aromatic rings. The number of amides is 1. The number of rotatable bonds is 5. The van der Waals surface area contributed by atoms with Crippen LogP contribution in [0.2, 0.25) is 0 Å². The van der Waals surface area contributed by atoms with Gasteiger partial charge in [-0.3, -0.25) is 9.69 Å². The molecule has 1 aliphatic rings. The van der Waals surface area contributed by atoms with E-state index in [4.69, 9.17) is 17.0 Å². The number of thioether (sulfide) groups is 1. The maximum absolute atomic E-state index is 13.8. The first-order valence-corrected chi connectivity index (χ1v) is 11.4. The number of ether oxygens (including phenoxy) is 1. The van der Waals surface area contributed by atoms with Gasteiger partial charge in [0.15, 0.2) is 0 Å². The Hall–Kier alpha value is -0.720. The molecule has 2 aromatic carbocycles. The smallest absolute Gasteiger partial charge is 0.266 e. The first-order valence-electron chi connectivity index (χ1n) is 8.01. The number of hydrogen-bond donors (Lipinski definition) is 0. The van der Waals surface area contributed by atoms with Gasteiger partial charge in [0, 0.05) is 12.1 Å². The number of benzene rings is 2. The normalized spacial score (nSPS) is 15.7. The van der Waals surface area contributed by atoms with Crippen molar-refractivity contribution in [3.63, 3.8) is 0 Å². The van der Waals surface area contributed by atoms with E-state index in [2.05, 4.69) is 45.2 Å². The molecule has 1 fully saturated rings. The molecule has 3 rings (SSSR count). The number of nitrogens with zero attached hydrogens (tertiary/aromatic N) is 1. The Morgan fingerprint density at radius 1 is 1.26 bits per heavy atom. The molecule has 1 heterocycles. The van der Waals surface area contributed by atoms with E-state index in [9.17, 15) is 9.18 Å². The van der Waals surface area contributed by atoms with Crippen LogP contribution in [0.25, 0.3) is 6.08 Å². The maximum atomic E-state index is 13.8. The predicted molar refractivity (Wildman–Crippen MR) is 128 cm³/mol. The van der Waals surface area contributed by atoms with Crippen LogP contribution in [0.5, 0.6) is 5.75 Å². The van der Waals surface area contributed by atoms with Gasteiger partial charge in [0.2, 0.25) is 0 Å². The van der Waals surface area contributed by atoms with Crippen LogP contribution in [-0.4, -0.2) is 21.7 Å². The number of carbonyl (C=O) groups excluding carboxylic acids is 1. The van der Waals surface area contributed by atoms with Gasteiger partial charge in [-0.05, 0) is 81.9 Å². The largest absolute Gasteiger partial charge is 0.487 e. The lowest BCUT2D eigenvalue weighted by atomic mass is 10.2. The zero-order valence-electron chi connectivity index (χ0n) is 14.2. The Morgan fingerprint density at radius 3 is 2.52 bits per heavy atom. The average Bonchev–Trinajstić information content (AvgIpc) is 2.88. The molecule has 0 atom stereocenters. The quantitative estimate of drug-likeness (QED) is 0.238. The van der Waals surface area contributed by atoms with Crippen molar-refractivity contribution in [2.45, 2.75) is 13.5 Å². The molecule has 0 N–H and O–H groups in total. The molecular weight excluding hydrogens is 611 g/mol. The summed E-state index contributed by atoms with van der Waals surface area (Å²) in [4.78, 5) is 14.6. The van der Waals surface area contributed by atoms with Gasteiger partial charge in [-0.2, -0.15) is 0 Å². The third-order valence-electron chi connectivity index (χ3n) is 3.84. The van der Waals surface area contributed by atoms with Gasteiger partial charge in [-0.15, -0.1) is 0 Å². The summed E-state index contributed by atoms with van der Waals surface area (Å²) in [7, 11) is 0. The highest BCUT2D eigenvalue weighted by molar-refractivity contribution is 14.1. The van der Waals surface area contributed by atoms with Crippen LogP contribution in [0.3, 0.4) is 0 Å². The molecule has 140 valence electrons. The Balaban J connectivity index is 1.81. The fraction of sp³-hybridized carbons (Fsp3) is 0.158. The van der Waals surface area contributed by atoms with Crippen molar-refractivity contribution in [1.82, 2.24) is 4.90 Å². The zero-order chi connectivity index (χ0) is 19.6. The fourth-order valence-corrected chi connectivity index (χ4v) is 6.00. The molecule has 0 spiro atoms. The van der Waals surface area contributed by atoms with Crippen LogP contribution < -0.4 is 4.74 Å². The van der Waals surface area contributed by atoms with Crippen molar-refractivity contribution in [3.8, 4) is 5.75 Å². The van der Waals surface area contributed by atoms with Crippen LogP contribution in [0.4, 0.5) is 4.39 Å². The van der Waals surface area contributed by atoms with E-state index in [0.717, 1.165) is 12.7 Å². The Morgan fingerprint density at radius 2 is 1.93 bits per heavy atom. The van der Waals surface area contributed by atoms with E-state index in [1.165, 1.54) is 17.8 Å². The number of halogens is 3. The Labute approximate surface area is 194 Å². The first kappa shape index (κ1) is 21.0. The highest BCUT2D eigenvalue weighted by Crippen LogP contribution is 2.35. The second kappa shape index (κ2) is 9.19. The van der Waals surface area contributed by atoms with E-state index in [1.807, 2.05) is 25.1 Å². The SMILES string of the molecule is CCN1C(=O)/C(=C/c2cc(I)c(OCc3ccccc3F)c(I)c2)SC1=S. The van der Waals surface area contributed by atoms with Crippen molar-refractivity contribution in [1.29, 1.82) is 0 Å².